The maximum atomic E-state index is 14.1. The Hall–Kier alpha value is -6.61. The molecule has 344 valence electrons. The molecule has 1 saturated heterocycles. The van der Waals surface area contributed by atoms with Gasteiger partial charge in [-0.1, -0.05) is 74.5 Å². The fraction of sp³-hybridized carbons (Fsp3) is 0.500. The first-order chi connectivity index (χ1) is 29.9. The molecule has 7 amide bonds. The molecule has 0 saturated carbocycles. The van der Waals surface area contributed by atoms with Gasteiger partial charge in [0.2, 0.25) is 41.4 Å². The van der Waals surface area contributed by atoms with Crippen LogP contribution in [0.5, 0.6) is 0 Å². The minimum absolute atomic E-state index is 0.0242. The number of aliphatic hydroxyl groups is 1. The standard InChI is InChI=1S/C42H61N11O10/c1-24(2)19-30(37(59)48-28(15-9-17-47-42(45)46)36(58)49-29(35(44)57)20-25-11-5-3-6-12-25)50-38(60)31(21-26-13-7-4-8-14-26)51-39(61)32(23-54)52-40(62)33-16-10-18-53(33)41(63)27(43)22-34(55)56/h3-8,11-14,24,27-33,54H,9-10,15-23,43H2,1-2H3,(H2,44,57)(H,48,59)(H,49,58)(H,50,60)(H,51,61)(H,52,62)(H,55,56)(H4,45,46,47)/t27-,28-,29-,30-,31-,32-,33-/m0/s1. The van der Waals surface area contributed by atoms with Crippen molar-refractivity contribution in [2.45, 2.75) is 108 Å². The van der Waals surface area contributed by atoms with Gasteiger partial charge in [0.15, 0.2) is 5.96 Å². The number of benzene rings is 2. The zero-order chi connectivity index (χ0) is 46.6. The van der Waals surface area contributed by atoms with Gasteiger partial charge in [0.05, 0.1) is 19.1 Å². The van der Waals surface area contributed by atoms with Gasteiger partial charge in [-0.25, -0.2) is 0 Å². The Labute approximate surface area is 365 Å². The Kier molecular flexibility index (Phi) is 20.4. The number of aliphatic carboxylic acids is 1. The fourth-order valence-electron chi connectivity index (χ4n) is 6.95. The average molecular weight is 880 g/mol. The minimum atomic E-state index is -1.59. The van der Waals surface area contributed by atoms with Crippen LogP contribution in [0.25, 0.3) is 0 Å². The molecule has 0 spiro atoms. The zero-order valence-electron chi connectivity index (χ0n) is 35.5. The highest BCUT2D eigenvalue weighted by molar-refractivity contribution is 5.97. The van der Waals surface area contributed by atoms with E-state index in [4.69, 9.17) is 28.0 Å². The maximum absolute atomic E-state index is 14.1. The molecule has 1 aliphatic heterocycles. The summed E-state index contributed by atoms with van der Waals surface area (Å²) in [5.41, 5.74) is 23.7. The quantitative estimate of drug-likeness (QED) is 0.0275. The first-order valence-electron chi connectivity index (χ1n) is 20.7. The number of hydrogen-bond acceptors (Lipinski definition) is 11. The lowest BCUT2D eigenvalue weighted by Crippen LogP contribution is -2.60. The molecular weight excluding hydrogens is 819 g/mol. The largest absolute Gasteiger partial charge is 0.481 e. The number of primary amides is 1. The highest BCUT2D eigenvalue weighted by Crippen LogP contribution is 2.19. The Balaban J connectivity index is 1.83. The number of carbonyl (C=O) groups is 8. The summed E-state index contributed by atoms with van der Waals surface area (Å²) in [6.07, 6.45) is 0.279. The summed E-state index contributed by atoms with van der Waals surface area (Å²) in [6.45, 7) is 2.96. The van der Waals surface area contributed by atoms with E-state index < -0.39 is 103 Å². The summed E-state index contributed by atoms with van der Waals surface area (Å²) in [6, 6.07) is 8.41. The number of hydrogen-bond donors (Lipinski definition) is 11. The second kappa shape index (κ2) is 25.4. The molecule has 2 aromatic rings. The van der Waals surface area contributed by atoms with E-state index in [1.165, 1.54) is 0 Å². The number of carbonyl (C=O) groups excluding carboxylic acids is 7. The van der Waals surface area contributed by atoms with Crippen molar-refractivity contribution in [3.8, 4) is 0 Å². The summed E-state index contributed by atoms with van der Waals surface area (Å²) in [5.74, 6) is -7.22. The number of aliphatic imine (C=N–C) groups is 1. The Morgan fingerprint density at radius 3 is 1.78 bits per heavy atom. The second-order valence-corrected chi connectivity index (χ2v) is 15.7. The average Bonchev–Trinajstić information content (AvgIpc) is 3.73. The van der Waals surface area contributed by atoms with Crippen LogP contribution in [0.15, 0.2) is 65.7 Å². The van der Waals surface area contributed by atoms with Gasteiger partial charge < -0.3 is 64.6 Å². The van der Waals surface area contributed by atoms with Gasteiger partial charge in [0.25, 0.3) is 0 Å². The molecule has 3 rings (SSSR count). The summed E-state index contributed by atoms with van der Waals surface area (Å²) >= 11 is 0. The van der Waals surface area contributed by atoms with Crippen LogP contribution in [0, 0.1) is 5.92 Å². The lowest BCUT2D eigenvalue weighted by atomic mass is 10.00. The molecule has 1 heterocycles. The monoisotopic (exact) mass is 879 g/mol. The Morgan fingerprint density at radius 2 is 1.24 bits per heavy atom. The first kappa shape index (κ1) is 50.7. The number of carboxylic acids is 1. The molecule has 63 heavy (non-hydrogen) atoms. The van der Waals surface area contributed by atoms with Crippen molar-refractivity contribution in [1.82, 2.24) is 31.5 Å². The zero-order valence-corrected chi connectivity index (χ0v) is 35.5. The van der Waals surface area contributed by atoms with Crippen LogP contribution in [-0.4, -0.2) is 130 Å². The topological polar surface area (TPSA) is 357 Å². The van der Waals surface area contributed by atoms with Crippen molar-refractivity contribution < 1.29 is 48.6 Å². The van der Waals surface area contributed by atoms with Gasteiger partial charge >= 0.3 is 5.97 Å². The second-order valence-electron chi connectivity index (χ2n) is 15.7. The van der Waals surface area contributed by atoms with E-state index in [1.807, 2.05) is 13.8 Å². The van der Waals surface area contributed by atoms with Gasteiger partial charge in [-0.3, -0.25) is 43.3 Å². The highest BCUT2D eigenvalue weighted by Gasteiger charge is 2.39. The molecule has 21 nitrogen and oxygen atoms in total. The Bertz CT molecular complexity index is 1910. The molecular formula is C42H61N11O10. The van der Waals surface area contributed by atoms with Crippen LogP contribution in [0.3, 0.4) is 0 Å². The molecule has 0 radical (unpaired) electrons. The molecule has 0 unspecified atom stereocenters. The van der Waals surface area contributed by atoms with E-state index in [9.17, 15) is 43.5 Å². The van der Waals surface area contributed by atoms with E-state index in [0.717, 1.165) is 10.5 Å². The third kappa shape index (κ3) is 17.0. The number of guanidine groups is 1. The predicted octanol–water partition coefficient (Wildman–Crippen LogP) is -2.73. The number of nitrogens with two attached hydrogens (primary N) is 4. The van der Waals surface area contributed by atoms with E-state index >= 15 is 0 Å². The first-order valence-corrected chi connectivity index (χ1v) is 20.7. The smallest absolute Gasteiger partial charge is 0.305 e. The number of aliphatic hydroxyl groups excluding tert-OH is 1. The van der Waals surface area contributed by atoms with E-state index in [-0.39, 0.29) is 63.5 Å². The predicted molar refractivity (Wildman–Crippen MR) is 231 cm³/mol. The minimum Gasteiger partial charge on any atom is -0.481 e. The molecule has 0 aliphatic carbocycles. The van der Waals surface area contributed by atoms with Gasteiger partial charge in [-0.05, 0) is 49.1 Å². The van der Waals surface area contributed by atoms with Crippen molar-refractivity contribution >= 4 is 53.3 Å². The number of rotatable bonds is 25. The molecule has 15 N–H and O–H groups in total. The van der Waals surface area contributed by atoms with Crippen molar-refractivity contribution in [2.24, 2.45) is 33.8 Å². The van der Waals surface area contributed by atoms with E-state index in [1.54, 1.807) is 60.7 Å². The third-order valence-electron chi connectivity index (χ3n) is 10.1. The van der Waals surface area contributed by atoms with Crippen LogP contribution in [0.2, 0.25) is 0 Å². The maximum Gasteiger partial charge on any atom is 0.305 e. The van der Waals surface area contributed by atoms with Crippen molar-refractivity contribution in [3.63, 3.8) is 0 Å². The van der Waals surface area contributed by atoms with Gasteiger partial charge in [0, 0.05) is 25.9 Å². The third-order valence-corrected chi connectivity index (χ3v) is 10.1. The highest BCUT2D eigenvalue weighted by atomic mass is 16.4. The summed E-state index contributed by atoms with van der Waals surface area (Å²) in [4.78, 5) is 111. The van der Waals surface area contributed by atoms with Crippen molar-refractivity contribution in [2.75, 3.05) is 19.7 Å². The number of carboxylic acid groups (broad SMARTS) is 1. The molecule has 0 aromatic heterocycles. The molecule has 1 aliphatic rings. The molecule has 21 heteroatoms. The molecule has 7 atom stereocenters. The van der Waals surface area contributed by atoms with Crippen LogP contribution < -0.4 is 49.5 Å². The number of nitrogens with one attached hydrogen (secondary N) is 5. The summed E-state index contributed by atoms with van der Waals surface area (Å²) < 4.78 is 0. The van der Waals surface area contributed by atoms with E-state index in [0.29, 0.717) is 12.0 Å². The Morgan fingerprint density at radius 1 is 0.730 bits per heavy atom. The van der Waals surface area contributed by atoms with Crippen LogP contribution in [-0.2, 0) is 51.2 Å². The lowest BCUT2D eigenvalue weighted by molar-refractivity contribution is -0.144. The fourth-order valence-corrected chi connectivity index (χ4v) is 6.95. The SMILES string of the molecule is CC(C)C[C@H](NC(=O)[C@H](Cc1ccccc1)NC(=O)[C@H](CO)NC(=O)[C@@H]1CCCN1C(=O)[C@@H](N)CC(=O)O)C(=O)N[C@@H](CCCN=C(N)N)C(=O)N[C@@H](Cc1ccccc1)C(N)=O. The van der Waals surface area contributed by atoms with Gasteiger partial charge in [0.1, 0.15) is 36.3 Å². The van der Waals surface area contributed by atoms with Crippen molar-refractivity contribution in [1.29, 1.82) is 0 Å². The van der Waals surface area contributed by atoms with Gasteiger partial charge in [-0.15, -0.1) is 0 Å². The van der Waals surface area contributed by atoms with Crippen LogP contribution >= 0.6 is 0 Å². The number of likely N-dealkylation sites (tertiary alicyclic amines) is 1. The number of nitrogens with zero attached hydrogens (tertiary/aromatic N) is 2. The lowest BCUT2D eigenvalue weighted by Gasteiger charge is -2.29. The normalized spacial score (nSPS) is 16.3. The van der Waals surface area contributed by atoms with E-state index in [2.05, 4.69) is 31.6 Å². The van der Waals surface area contributed by atoms with Crippen molar-refractivity contribution in [3.05, 3.63) is 71.8 Å². The molecule has 0 bridgehead atoms. The summed E-state index contributed by atoms with van der Waals surface area (Å²) in [5, 5.41) is 32.3. The summed E-state index contributed by atoms with van der Waals surface area (Å²) in [7, 11) is 0. The van der Waals surface area contributed by atoms with Crippen LogP contribution in [0.4, 0.5) is 0 Å². The van der Waals surface area contributed by atoms with Crippen LogP contribution in [0.1, 0.15) is 63.5 Å². The molecule has 2 aromatic carbocycles. The van der Waals surface area contributed by atoms with Gasteiger partial charge in [-0.2, -0.15) is 0 Å². The molecule has 1 fully saturated rings. The number of amides is 7.